The Morgan fingerprint density at radius 1 is 1.41 bits per heavy atom. The Labute approximate surface area is 107 Å². The summed E-state index contributed by atoms with van der Waals surface area (Å²) in [5, 5.41) is 0.925. The van der Waals surface area contributed by atoms with E-state index in [0.29, 0.717) is 12.3 Å². The van der Waals surface area contributed by atoms with Gasteiger partial charge in [0.2, 0.25) is 0 Å². The van der Waals surface area contributed by atoms with E-state index in [9.17, 15) is 4.79 Å². The van der Waals surface area contributed by atoms with Crippen LogP contribution in [0, 0.1) is 0 Å². The molecule has 0 aliphatic rings. The van der Waals surface area contributed by atoms with E-state index in [1.807, 2.05) is 12.1 Å². The molecule has 90 valence electrons. The first-order valence-electron chi connectivity index (χ1n) is 5.19. The third kappa shape index (κ3) is 2.29. The Morgan fingerprint density at radius 3 is 2.82 bits per heavy atom. The van der Waals surface area contributed by atoms with Crippen molar-refractivity contribution in [3.05, 3.63) is 28.4 Å². The van der Waals surface area contributed by atoms with E-state index in [0.717, 1.165) is 21.1 Å². The summed E-state index contributed by atoms with van der Waals surface area (Å²) in [6.07, 6.45) is 0. The highest BCUT2D eigenvalue weighted by Gasteiger charge is 2.12. The zero-order chi connectivity index (χ0) is 12.4. The Kier molecular flexibility index (Phi) is 3.38. The molecular weight excluding hydrogens is 286 g/mol. The van der Waals surface area contributed by atoms with Crippen molar-refractivity contribution < 1.29 is 14.3 Å². The van der Waals surface area contributed by atoms with Crippen LogP contribution in [-0.4, -0.2) is 24.7 Å². The minimum absolute atomic E-state index is 0.352. The topological polar surface area (TPSA) is 51.3 Å². The number of methoxy groups -OCH3 is 1. The van der Waals surface area contributed by atoms with Crippen LogP contribution in [-0.2, 0) is 4.74 Å². The number of aromatic nitrogens is 1. The third-order valence-corrected chi connectivity index (χ3v) is 3.05. The monoisotopic (exact) mass is 297 g/mol. The van der Waals surface area contributed by atoms with Gasteiger partial charge in [-0.05, 0) is 35.0 Å². The molecule has 0 atom stereocenters. The Morgan fingerprint density at radius 2 is 2.18 bits per heavy atom. The molecule has 1 N–H and O–H groups in total. The lowest BCUT2D eigenvalue weighted by Crippen LogP contribution is -2.04. The van der Waals surface area contributed by atoms with Crippen molar-refractivity contribution in [2.24, 2.45) is 0 Å². The second-order valence-electron chi connectivity index (χ2n) is 3.47. The summed E-state index contributed by atoms with van der Waals surface area (Å²) in [4.78, 5) is 14.6. The van der Waals surface area contributed by atoms with Gasteiger partial charge in [-0.15, -0.1) is 0 Å². The number of benzene rings is 1. The first-order chi connectivity index (χ1) is 8.15. The summed E-state index contributed by atoms with van der Waals surface area (Å²) in [5.74, 6) is 0.371. The number of nitrogens with one attached hydrogen (secondary N) is 1. The van der Waals surface area contributed by atoms with Crippen LogP contribution in [0.5, 0.6) is 5.75 Å². The van der Waals surface area contributed by atoms with E-state index in [4.69, 9.17) is 9.47 Å². The average Bonchev–Trinajstić information content (AvgIpc) is 2.73. The molecule has 0 unspecified atom stereocenters. The number of aromatic amines is 1. The molecule has 4 nitrogen and oxygen atoms in total. The minimum atomic E-state index is -0.352. The lowest BCUT2D eigenvalue weighted by atomic mass is 10.2. The first-order valence-corrected chi connectivity index (χ1v) is 5.98. The molecule has 0 saturated heterocycles. The molecule has 2 rings (SSSR count). The molecule has 0 aliphatic carbocycles. The highest BCUT2D eigenvalue weighted by molar-refractivity contribution is 9.10. The van der Waals surface area contributed by atoms with Crippen LogP contribution in [0.15, 0.2) is 22.7 Å². The van der Waals surface area contributed by atoms with Gasteiger partial charge < -0.3 is 14.5 Å². The highest BCUT2D eigenvalue weighted by atomic mass is 79.9. The molecule has 0 fully saturated rings. The Hall–Kier alpha value is -1.49. The van der Waals surface area contributed by atoms with E-state index in [1.165, 1.54) is 0 Å². The number of hydrogen-bond donors (Lipinski definition) is 1. The predicted octanol–water partition coefficient (Wildman–Crippen LogP) is 3.12. The van der Waals surface area contributed by atoms with E-state index < -0.39 is 0 Å². The van der Waals surface area contributed by atoms with Gasteiger partial charge in [0.1, 0.15) is 11.4 Å². The normalized spacial score (nSPS) is 10.5. The summed E-state index contributed by atoms with van der Waals surface area (Å²) in [6, 6.07) is 5.45. The maximum Gasteiger partial charge on any atom is 0.354 e. The summed E-state index contributed by atoms with van der Waals surface area (Å²) in [7, 11) is 1.60. The highest BCUT2D eigenvalue weighted by Crippen LogP contribution is 2.30. The molecule has 5 heteroatoms. The molecule has 0 aliphatic heterocycles. The van der Waals surface area contributed by atoms with Crippen molar-refractivity contribution in [1.82, 2.24) is 4.98 Å². The summed E-state index contributed by atoms with van der Waals surface area (Å²) in [6.45, 7) is 2.14. The summed E-state index contributed by atoms with van der Waals surface area (Å²) in [5.41, 5.74) is 1.27. The smallest absolute Gasteiger partial charge is 0.354 e. The molecular formula is C12H12BrNO3. The maximum atomic E-state index is 11.6. The maximum absolute atomic E-state index is 11.6. The molecule has 1 heterocycles. The van der Waals surface area contributed by atoms with Crippen molar-refractivity contribution in [3.63, 3.8) is 0 Å². The molecule has 1 aromatic heterocycles. The molecule has 17 heavy (non-hydrogen) atoms. The van der Waals surface area contributed by atoms with Gasteiger partial charge in [-0.2, -0.15) is 0 Å². The number of hydrogen-bond acceptors (Lipinski definition) is 3. The summed E-state index contributed by atoms with van der Waals surface area (Å²) < 4.78 is 11.0. The van der Waals surface area contributed by atoms with Crippen molar-refractivity contribution in [2.45, 2.75) is 6.92 Å². The van der Waals surface area contributed by atoms with Crippen molar-refractivity contribution >= 4 is 32.8 Å². The number of halogens is 1. The van der Waals surface area contributed by atoms with Gasteiger partial charge >= 0.3 is 5.97 Å². The van der Waals surface area contributed by atoms with Crippen LogP contribution in [0.25, 0.3) is 10.9 Å². The third-order valence-electron chi connectivity index (χ3n) is 2.39. The second kappa shape index (κ2) is 4.79. The van der Waals surface area contributed by atoms with E-state index >= 15 is 0 Å². The fourth-order valence-corrected chi connectivity index (χ4v) is 2.16. The quantitative estimate of drug-likeness (QED) is 0.886. The zero-order valence-electron chi connectivity index (χ0n) is 9.54. The lowest BCUT2D eigenvalue weighted by Gasteiger charge is -2.00. The van der Waals surface area contributed by atoms with Crippen LogP contribution < -0.4 is 4.74 Å². The van der Waals surface area contributed by atoms with Crippen LogP contribution in [0.4, 0.5) is 0 Å². The van der Waals surface area contributed by atoms with Crippen molar-refractivity contribution in [1.29, 1.82) is 0 Å². The molecule has 1 aromatic carbocycles. The largest absolute Gasteiger partial charge is 0.497 e. The standard InChI is InChI=1S/C12H12BrNO3/c1-3-17-12(15)11-6-8-9(13)4-7(16-2)5-10(8)14-11/h4-6,14H,3H2,1-2H3. The number of fused-ring (bicyclic) bond motifs is 1. The van der Waals surface area contributed by atoms with Crippen LogP contribution in [0.2, 0.25) is 0 Å². The van der Waals surface area contributed by atoms with Crippen LogP contribution >= 0.6 is 15.9 Å². The second-order valence-corrected chi connectivity index (χ2v) is 4.33. The fraction of sp³-hybridized carbons (Fsp3) is 0.250. The Bertz CT molecular complexity index is 562. The lowest BCUT2D eigenvalue weighted by molar-refractivity contribution is 0.0520. The van der Waals surface area contributed by atoms with Crippen LogP contribution in [0.3, 0.4) is 0 Å². The summed E-state index contributed by atoms with van der Waals surface area (Å²) >= 11 is 3.44. The van der Waals surface area contributed by atoms with Gasteiger partial charge in [0.25, 0.3) is 0 Å². The number of rotatable bonds is 3. The van der Waals surface area contributed by atoms with Gasteiger partial charge in [0, 0.05) is 15.9 Å². The van der Waals surface area contributed by atoms with Gasteiger partial charge in [0.15, 0.2) is 0 Å². The molecule has 0 amide bonds. The molecule has 0 saturated carbocycles. The number of H-pyrrole nitrogens is 1. The molecule has 2 aromatic rings. The van der Waals surface area contributed by atoms with Gasteiger partial charge in [-0.25, -0.2) is 4.79 Å². The fourth-order valence-electron chi connectivity index (χ4n) is 1.61. The van der Waals surface area contributed by atoms with E-state index in [2.05, 4.69) is 20.9 Å². The number of carbonyl (C=O) groups is 1. The van der Waals surface area contributed by atoms with E-state index in [1.54, 1.807) is 20.1 Å². The molecule has 0 bridgehead atoms. The van der Waals surface area contributed by atoms with Gasteiger partial charge in [-0.1, -0.05) is 0 Å². The number of carbonyl (C=O) groups excluding carboxylic acids is 1. The average molecular weight is 298 g/mol. The van der Waals surface area contributed by atoms with Crippen molar-refractivity contribution in [2.75, 3.05) is 13.7 Å². The molecule has 0 spiro atoms. The minimum Gasteiger partial charge on any atom is -0.497 e. The van der Waals surface area contributed by atoms with Crippen molar-refractivity contribution in [3.8, 4) is 5.75 Å². The van der Waals surface area contributed by atoms with E-state index in [-0.39, 0.29) is 5.97 Å². The van der Waals surface area contributed by atoms with Gasteiger partial charge in [0.05, 0.1) is 19.2 Å². The Balaban J connectivity index is 2.49. The van der Waals surface area contributed by atoms with Crippen LogP contribution in [0.1, 0.15) is 17.4 Å². The van der Waals surface area contributed by atoms with Gasteiger partial charge in [-0.3, -0.25) is 0 Å². The molecule has 0 radical (unpaired) electrons. The SMILES string of the molecule is CCOC(=O)c1cc2c(Br)cc(OC)cc2[nH]1. The first kappa shape index (κ1) is 12.0. The number of esters is 1. The zero-order valence-corrected chi connectivity index (χ0v) is 11.1. The predicted molar refractivity (Wildman–Crippen MR) is 68.5 cm³/mol. The number of ether oxygens (including phenoxy) is 2.